The molecular formula is C36H31F2N5O5S. The molecule has 49 heavy (non-hydrogen) atoms. The number of benzene rings is 4. The van der Waals surface area contributed by atoms with Crippen LogP contribution in [0.2, 0.25) is 0 Å². The number of nitrogens with zero attached hydrogens (tertiary/aromatic N) is 3. The zero-order chi connectivity index (χ0) is 35.0. The van der Waals surface area contributed by atoms with Gasteiger partial charge >= 0.3 is 0 Å². The van der Waals surface area contributed by atoms with E-state index in [1.54, 1.807) is 53.8 Å². The predicted molar refractivity (Wildman–Crippen MR) is 185 cm³/mol. The third-order valence-corrected chi connectivity index (χ3v) is 9.15. The molecule has 250 valence electrons. The molecule has 0 spiro atoms. The first kappa shape index (κ1) is 33.2. The molecule has 0 bridgehead atoms. The summed E-state index contributed by atoms with van der Waals surface area (Å²) in [5, 5.41) is 6.06. The van der Waals surface area contributed by atoms with Gasteiger partial charge in [-0.05, 0) is 65.7 Å². The second-order valence-corrected chi connectivity index (χ2v) is 12.8. The van der Waals surface area contributed by atoms with Gasteiger partial charge in [0.2, 0.25) is 5.91 Å². The Labute approximate surface area is 282 Å². The summed E-state index contributed by atoms with van der Waals surface area (Å²) in [5.41, 5.74) is 3.31. The maximum absolute atomic E-state index is 14.1. The SMILES string of the molecule is CNC(=O)c1c(-c2ccc(F)cc2)oc2cc(N(C)S(C)=O)c(-c3ccc4nc(CNC(C)=O)n(Cc5ccc(F)cc5)c(=O)c4c3)cc12. The van der Waals surface area contributed by atoms with Gasteiger partial charge in [-0.1, -0.05) is 18.2 Å². The number of furan rings is 1. The zero-order valence-electron chi connectivity index (χ0n) is 27.0. The lowest BCUT2D eigenvalue weighted by atomic mass is 9.97. The van der Waals surface area contributed by atoms with Crippen LogP contribution in [0.1, 0.15) is 28.7 Å². The van der Waals surface area contributed by atoms with Gasteiger partial charge in [0.05, 0.1) is 35.2 Å². The van der Waals surface area contributed by atoms with E-state index in [1.807, 2.05) is 0 Å². The number of hydrogen-bond donors (Lipinski definition) is 2. The molecule has 1 atom stereocenters. The van der Waals surface area contributed by atoms with Crippen LogP contribution in [0.5, 0.6) is 0 Å². The van der Waals surface area contributed by atoms with E-state index in [0.717, 1.165) is 0 Å². The first-order valence-electron chi connectivity index (χ1n) is 15.1. The molecule has 6 aromatic rings. The van der Waals surface area contributed by atoms with E-state index in [1.165, 1.54) is 61.2 Å². The molecule has 0 radical (unpaired) electrons. The third kappa shape index (κ3) is 6.57. The van der Waals surface area contributed by atoms with E-state index < -0.39 is 28.5 Å². The van der Waals surface area contributed by atoms with Crippen molar-refractivity contribution in [1.29, 1.82) is 0 Å². The van der Waals surface area contributed by atoms with Crippen molar-refractivity contribution in [1.82, 2.24) is 20.2 Å². The van der Waals surface area contributed by atoms with E-state index in [4.69, 9.17) is 9.40 Å². The van der Waals surface area contributed by atoms with Gasteiger partial charge in [0.1, 0.15) is 39.8 Å². The van der Waals surface area contributed by atoms with Gasteiger partial charge in [0.15, 0.2) is 0 Å². The summed E-state index contributed by atoms with van der Waals surface area (Å²) in [6, 6.07) is 19.9. The Morgan fingerprint density at radius 3 is 2.22 bits per heavy atom. The van der Waals surface area contributed by atoms with Gasteiger partial charge in [0, 0.05) is 49.9 Å². The average Bonchev–Trinajstić information content (AvgIpc) is 3.47. The van der Waals surface area contributed by atoms with Crippen molar-refractivity contribution in [3.63, 3.8) is 0 Å². The quantitative estimate of drug-likeness (QED) is 0.207. The zero-order valence-corrected chi connectivity index (χ0v) is 27.8. The molecule has 2 amide bonds. The number of aromatic nitrogens is 2. The number of halogens is 2. The predicted octanol–water partition coefficient (Wildman–Crippen LogP) is 5.53. The highest BCUT2D eigenvalue weighted by Gasteiger charge is 2.25. The lowest BCUT2D eigenvalue weighted by Crippen LogP contribution is -2.30. The Hall–Kier alpha value is -5.69. The maximum Gasteiger partial charge on any atom is 0.261 e. The number of carbonyl (C=O) groups is 2. The molecule has 13 heteroatoms. The van der Waals surface area contributed by atoms with Gasteiger partial charge in [-0.3, -0.25) is 23.3 Å². The van der Waals surface area contributed by atoms with Crippen LogP contribution < -0.4 is 20.5 Å². The van der Waals surface area contributed by atoms with Gasteiger partial charge in [-0.25, -0.2) is 18.0 Å². The first-order chi connectivity index (χ1) is 23.4. The number of anilines is 1. The number of carbonyl (C=O) groups excluding carboxylic acids is 2. The Bertz CT molecular complexity index is 2340. The molecule has 0 aliphatic carbocycles. The monoisotopic (exact) mass is 683 g/mol. The molecular weight excluding hydrogens is 652 g/mol. The van der Waals surface area contributed by atoms with E-state index >= 15 is 0 Å². The molecule has 1 unspecified atom stereocenters. The number of fused-ring (bicyclic) bond motifs is 2. The number of hydrogen-bond acceptors (Lipinski definition) is 6. The molecule has 0 aliphatic heterocycles. The van der Waals surface area contributed by atoms with Crippen LogP contribution in [0, 0.1) is 11.6 Å². The van der Waals surface area contributed by atoms with Crippen molar-refractivity contribution in [2.24, 2.45) is 0 Å². The fourth-order valence-electron chi connectivity index (χ4n) is 5.63. The molecule has 10 nitrogen and oxygen atoms in total. The highest BCUT2D eigenvalue weighted by molar-refractivity contribution is 7.85. The minimum Gasteiger partial charge on any atom is -0.455 e. The molecule has 2 heterocycles. The van der Waals surface area contributed by atoms with Crippen molar-refractivity contribution >= 4 is 50.4 Å². The molecule has 0 saturated carbocycles. The van der Waals surface area contributed by atoms with Crippen LogP contribution in [-0.2, 0) is 28.9 Å². The van der Waals surface area contributed by atoms with Crippen molar-refractivity contribution in [3.05, 3.63) is 118 Å². The Balaban J connectivity index is 1.58. The third-order valence-electron chi connectivity index (χ3n) is 8.19. The summed E-state index contributed by atoms with van der Waals surface area (Å²) in [6.45, 7) is 1.44. The smallest absolute Gasteiger partial charge is 0.261 e. The van der Waals surface area contributed by atoms with Crippen LogP contribution in [0.15, 0.2) is 88.1 Å². The summed E-state index contributed by atoms with van der Waals surface area (Å²) < 4.78 is 49.4. The van der Waals surface area contributed by atoms with Crippen LogP contribution in [0.4, 0.5) is 14.5 Å². The highest BCUT2D eigenvalue weighted by Crippen LogP contribution is 2.41. The lowest BCUT2D eigenvalue weighted by Gasteiger charge is -2.20. The van der Waals surface area contributed by atoms with Crippen molar-refractivity contribution in [2.75, 3.05) is 24.7 Å². The van der Waals surface area contributed by atoms with Crippen LogP contribution in [0.25, 0.3) is 44.3 Å². The lowest BCUT2D eigenvalue weighted by molar-refractivity contribution is -0.119. The van der Waals surface area contributed by atoms with Gasteiger partial charge in [-0.2, -0.15) is 0 Å². The first-order valence-corrected chi connectivity index (χ1v) is 16.6. The van der Waals surface area contributed by atoms with Crippen molar-refractivity contribution in [2.45, 2.75) is 20.0 Å². The normalized spacial score (nSPS) is 11.9. The topological polar surface area (TPSA) is 127 Å². The van der Waals surface area contributed by atoms with E-state index in [2.05, 4.69) is 10.6 Å². The highest BCUT2D eigenvalue weighted by atomic mass is 32.2. The second-order valence-electron chi connectivity index (χ2n) is 11.4. The largest absolute Gasteiger partial charge is 0.455 e. The molecule has 0 saturated heterocycles. The molecule has 2 N–H and O–H groups in total. The second kappa shape index (κ2) is 13.4. The maximum atomic E-state index is 14.1. The van der Waals surface area contributed by atoms with Gasteiger partial charge in [0.25, 0.3) is 11.5 Å². The van der Waals surface area contributed by atoms with E-state index in [9.17, 15) is 27.4 Å². The fourth-order valence-corrected chi connectivity index (χ4v) is 6.05. The summed E-state index contributed by atoms with van der Waals surface area (Å²) in [6.07, 6.45) is 1.52. The molecule has 0 aliphatic rings. The van der Waals surface area contributed by atoms with E-state index in [0.29, 0.717) is 50.3 Å². The van der Waals surface area contributed by atoms with Crippen LogP contribution >= 0.6 is 0 Å². The summed E-state index contributed by atoms with van der Waals surface area (Å²) in [7, 11) is 1.67. The molecule has 6 rings (SSSR count). The molecule has 4 aromatic carbocycles. The summed E-state index contributed by atoms with van der Waals surface area (Å²) >= 11 is 0. The Kier molecular flexibility index (Phi) is 9.11. The number of amides is 2. The fraction of sp³-hybridized carbons (Fsp3) is 0.167. The van der Waals surface area contributed by atoms with Crippen LogP contribution in [-0.4, -0.2) is 45.9 Å². The Morgan fingerprint density at radius 1 is 0.939 bits per heavy atom. The average molecular weight is 684 g/mol. The molecule has 0 fully saturated rings. The summed E-state index contributed by atoms with van der Waals surface area (Å²) in [5.74, 6) is -1.03. The molecule has 2 aromatic heterocycles. The van der Waals surface area contributed by atoms with Crippen molar-refractivity contribution in [3.8, 4) is 22.5 Å². The van der Waals surface area contributed by atoms with Gasteiger partial charge < -0.3 is 15.1 Å². The number of nitrogens with one attached hydrogen (secondary N) is 2. The van der Waals surface area contributed by atoms with Crippen LogP contribution in [0.3, 0.4) is 0 Å². The minimum atomic E-state index is -1.47. The van der Waals surface area contributed by atoms with E-state index in [-0.39, 0.29) is 41.3 Å². The standard InChI is InChI=1S/C36H31F2N5O5S/c1-20(44)40-18-32-41-29-14-9-23(15-27(29)36(46)43(32)19-21-5-10-24(37)11-6-21)26-16-28-31(17-30(26)42(3)49(4)47)48-34(33(28)35(45)39-2)22-7-12-25(38)13-8-22/h5-17H,18-19H2,1-4H3,(H,39,45)(H,40,44). The Morgan fingerprint density at radius 2 is 1.59 bits per heavy atom. The summed E-state index contributed by atoms with van der Waals surface area (Å²) in [4.78, 5) is 43.9. The van der Waals surface area contributed by atoms with Gasteiger partial charge in [-0.15, -0.1) is 0 Å². The van der Waals surface area contributed by atoms with Crippen molar-refractivity contribution < 1.29 is 27.0 Å². The number of rotatable bonds is 9. The minimum absolute atomic E-state index is 0.00344.